The summed E-state index contributed by atoms with van der Waals surface area (Å²) in [6, 6.07) is 7.13. The second-order valence-corrected chi connectivity index (χ2v) is 6.63. The molecule has 0 atom stereocenters. The van der Waals surface area contributed by atoms with Crippen molar-refractivity contribution in [1.82, 2.24) is 4.90 Å². The Bertz CT molecular complexity index is 589. The Morgan fingerprint density at radius 3 is 2.59 bits per heavy atom. The molecule has 7 heteroatoms. The second-order valence-electron chi connectivity index (χ2n) is 6.63. The summed E-state index contributed by atoms with van der Waals surface area (Å²) < 4.78 is 11.4. The minimum Gasteiger partial charge on any atom is -0.494 e. The Kier molecular flexibility index (Phi) is 11.0. The number of nitrogens with two attached hydrogens (primary N) is 1. The molecule has 6 nitrogen and oxygen atoms in total. The van der Waals surface area contributed by atoms with Crippen LogP contribution in [-0.2, 0) is 9.53 Å². The number of nitrogens with zero attached hydrogens (tertiary/aromatic N) is 1. The summed E-state index contributed by atoms with van der Waals surface area (Å²) in [5.74, 6) is 0.855. The molecule has 0 saturated carbocycles. The van der Waals surface area contributed by atoms with Gasteiger partial charge in [0.15, 0.2) is 5.78 Å². The quantitative estimate of drug-likeness (QED) is 0.484. The molecule has 1 aliphatic rings. The number of hydrogen-bond donors (Lipinski definition) is 1. The maximum Gasteiger partial charge on any atom is 0.222 e. The van der Waals surface area contributed by atoms with Gasteiger partial charge in [-0.25, -0.2) is 0 Å². The number of carbonyl (C=O) groups excluding carboxylic acids is 2. The summed E-state index contributed by atoms with van der Waals surface area (Å²) in [5, 5.41) is 0. The first-order valence-corrected chi connectivity index (χ1v) is 9.43. The summed E-state index contributed by atoms with van der Waals surface area (Å²) in [5.41, 5.74) is 6.10. The highest BCUT2D eigenvalue weighted by Gasteiger charge is 2.22. The first kappa shape index (κ1) is 23.4. The molecule has 2 N–H and O–H groups in total. The van der Waals surface area contributed by atoms with E-state index in [1.807, 2.05) is 11.0 Å². The van der Waals surface area contributed by atoms with E-state index in [9.17, 15) is 9.59 Å². The lowest BCUT2D eigenvalue weighted by Crippen LogP contribution is -2.41. The largest absolute Gasteiger partial charge is 0.494 e. The third-order valence-electron chi connectivity index (χ3n) is 4.54. The van der Waals surface area contributed by atoms with Crippen molar-refractivity contribution >= 4 is 24.1 Å². The van der Waals surface area contributed by atoms with E-state index in [0.717, 1.165) is 32.4 Å². The first-order chi connectivity index (χ1) is 12.6. The molecule has 0 aliphatic carbocycles. The van der Waals surface area contributed by atoms with E-state index >= 15 is 0 Å². The predicted octanol–water partition coefficient (Wildman–Crippen LogP) is 2.83. The molecule has 1 aromatic rings. The van der Waals surface area contributed by atoms with E-state index in [4.69, 9.17) is 15.2 Å². The summed E-state index contributed by atoms with van der Waals surface area (Å²) in [6.45, 7) is 4.87. The van der Waals surface area contributed by atoms with Gasteiger partial charge in [0.25, 0.3) is 0 Å². The first-order valence-electron chi connectivity index (χ1n) is 9.43. The third-order valence-corrected chi connectivity index (χ3v) is 4.54. The van der Waals surface area contributed by atoms with Gasteiger partial charge in [-0.3, -0.25) is 9.59 Å². The number of amides is 1. The fourth-order valence-electron chi connectivity index (χ4n) is 2.98. The number of ether oxygens (including phenoxy) is 2. The lowest BCUT2D eigenvalue weighted by Gasteiger charge is -2.32. The SMILES string of the molecule is CC(=O)c1cccc(OCCCC(=O)N2CCC(OCCCN)CC2)c1.Cl. The fraction of sp³-hybridized carbons (Fsp3) is 0.600. The van der Waals surface area contributed by atoms with Crippen molar-refractivity contribution < 1.29 is 19.1 Å². The van der Waals surface area contributed by atoms with Crippen molar-refractivity contribution in [3.05, 3.63) is 29.8 Å². The number of likely N-dealkylation sites (tertiary alicyclic amines) is 1. The number of carbonyl (C=O) groups is 2. The number of benzene rings is 1. The molecule has 1 saturated heterocycles. The summed E-state index contributed by atoms with van der Waals surface area (Å²) >= 11 is 0. The van der Waals surface area contributed by atoms with Crippen LogP contribution in [0.3, 0.4) is 0 Å². The Morgan fingerprint density at radius 1 is 1.19 bits per heavy atom. The van der Waals surface area contributed by atoms with E-state index in [1.54, 1.807) is 18.2 Å². The van der Waals surface area contributed by atoms with E-state index in [-0.39, 0.29) is 30.2 Å². The second kappa shape index (κ2) is 12.7. The van der Waals surface area contributed by atoms with Crippen molar-refractivity contribution in [3.63, 3.8) is 0 Å². The monoisotopic (exact) mass is 398 g/mol. The van der Waals surface area contributed by atoms with Gasteiger partial charge < -0.3 is 20.1 Å². The molecule has 1 aromatic carbocycles. The van der Waals surface area contributed by atoms with Crippen LogP contribution in [0.2, 0.25) is 0 Å². The van der Waals surface area contributed by atoms with E-state index < -0.39 is 0 Å². The number of hydrogen-bond acceptors (Lipinski definition) is 5. The normalized spacial score (nSPS) is 14.5. The standard InChI is InChI=1S/C20H30N2O4.ClH/c1-16(23)17-5-2-6-19(15-17)26-13-3-7-20(24)22-11-8-18(9-12-22)25-14-4-10-21;/h2,5-6,15,18H,3-4,7-14,21H2,1H3;1H. The average molecular weight is 399 g/mol. The molecule has 0 unspecified atom stereocenters. The summed E-state index contributed by atoms with van der Waals surface area (Å²) in [6.07, 6.45) is 4.06. The lowest BCUT2D eigenvalue weighted by molar-refractivity contribution is -0.134. The van der Waals surface area contributed by atoms with Crippen molar-refractivity contribution in [2.24, 2.45) is 5.73 Å². The van der Waals surface area contributed by atoms with Crippen molar-refractivity contribution in [2.45, 2.75) is 45.1 Å². The van der Waals surface area contributed by atoms with E-state index in [1.165, 1.54) is 6.92 Å². The molecule has 152 valence electrons. The number of rotatable bonds is 10. The summed E-state index contributed by atoms with van der Waals surface area (Å²) in [4.78, 5) is 25.6. The smallest absolute Gasteiger partial charge is 0.222 e. The van der Waals surface area contributed by atoms with Gasteiger partial charge in [0.2, 0.25) is 5.91 Å². The predicted molar refractivity (Wildman–Crippen MR) is 108 cm³/mol. The van der Waals surface area contributed by atoms with Crippen LogP contribution in [0, 0.1) is 0 Å². The van der Waals surface area contributed by atoms with Crippen LogP contribution in [0.15, 0.2) is 24.3 Å². The zero-order chi connectivity index (χ0) is 18.8. The molecule has 0 radical (unpaired) electrons. The number of Topliss-reactive ketones (excluding diaryl/α,β-unsaturated/α-hetero) is 1. The minimum atomic E-state index is 0. The molecule has 0 spiro atoms. The van der Waals surface area contributed by atoms with Crippen LogP contribution in [0.1, 0.15) is 49.4 Å². The Morgan fingerprint density at radius 2 is 1.93 bits per heavy atom. The number of ketones is 1. The fourth-order valence-corrected chi connectivity index (χ4v) is 2.98. The van der Waals surface area contributed by atoms with Gasteiger partial charge in [-0.2, -0.15) is 0 Å². The molecule has 1 amide bonds. The average Bonchev–Trinajstić information content (AvgIpc) is 2.66. The molecular formula is C20H31ClN2O4. The zero-order valence-corrected chi connectivity index (χ0v) is 16.8. The van der Waals surface area contributed by atoms with Crippen LogP contribution in [0.4, 0.5) is 0 Å². The number of piperidine rings is 1. The molecule has 0 aromatic heterocycles. The zero-order valence-electron chi connectivity index (χ0n) is 16.0. The highest BCUT2D eigenvalue weighted by Crippen LogP contribution is 2.16. The summed E-state index contributed by atoms with van der Waals surface area (Å²) in [7, 11) is 0. The maximum atomic E-state index is 12.3. The molecule has 27 heavy (non-hydrogen) atoms. The highest BCUT2D eigenvalue weighted by molar-refractivity contribution is 5.94. The topological polar surface area (TPSA) is 81.9 Å². The molecular weight excluding hydrogens is 368 g/mol. The van der Waals surface area contributed by atoms with E-state index in [2.05, 4.69) is 0 Å². The van der Waals surface area contributed by atoms with Gasteiger partial charge in [0.05, 0.1) is 12.7 Å². The van der Waals surface area contributed by atoms with Gasteiger partial charge in [0, 0.05) is 31.7 Å². The Balaban J connectivity index is 0.00000364. The van der Waals surface area contributed by atoms with Gasteiger partial charge >= 0.3 is 0 Å². The maximum absolute atomic E-state index is 12.3. The highest BCUT2D eigenvalue weighted by atomic mass is 35.5. The minimum absolute atomic E-state index is 0. The van der Waals surface area contributed by atoms with Crippen LogP contribution in [-0.4, -0.2) is 55.5 Å². The number of halogens is 1. The lowest BCUT2D eigenvalue weighted by atomic mass is 10.1. The molecule has 0 bridgehead atoms. The van der Waals surface area contributed by atoms with Gasteiger partial charge in [0.1, 0.15) is 5.75 Å². The van der Waals surface area contributed by atoms with Crippen molar-refractivity contribution in [1.29, 1.82) is 0 Å². The molecule has 1 aliphatic heterocycles. The molecule has 2 rings (SSSR count). The van der Waals surface area contributed by atoms with Crippen LogP contribution >= 0.6 is 12.4 Å². The van der Waals surface area contributed by atoms with Crippen molar-refractivity contribution in [2.75, 3.05) is 32.8 Å². The van der Waals surface area contributed by atoms with Crippen molar-refractivity contribution in [3.8, 4) is 5.75 Å². The Hall–Kier alpha value is -1.63. The van der Waals surface area contributed by atoms with Crippen LogP contribution in [0.25, 0.3) is 0 Å². The van der Waals surface area contributed by atoms with Gasteiger partial charge in [-0.1, -0.05) is 12.1 Å². The van der Waals surface area contributed by atoms with Gasteiger partial charge in [-0.15, -0.1) is 12.4 Å². The molecule has 1 heterocycles. The van der Waals surface area contributed by atoms with E-state index in [0.29, 0.717) is 43.9 Å². The van der Waals surface area contributed by atoms with Crippen LogP contribution in [0.5, 0.6) is 5.75 Å². The van der Waals surface area contributed by atoms with Gasteiger partial charge in [-0.05, 0) is 51.3 Å². The Labute approximate surface area is 167 Å². The third kappa shape index (κ3) is 8.28. The van der Waals surface area contributed by atoms with Crippen LogP contribution < -0.4 is 10.5 Å². The molecule has 1 fully saturated rings.